The SMILES string of the molecule is CCC(CC)(c1ccc(CCC(O)C(C)(C)C)c(C)c1)c1ccc(-c2cc(O)cc(CC(=O)OC)c2)c(C)c1. The van der Waals surface area contributed by atoms with Gasteiger partial charge in [0.25, 0.3) is 0 Å². The number of esters is 1. The number of benzene rings is 3. The summed E-state index contributed by atoms with van der Waals surface area (Å²) < 4.78 is 4.80. The Morgan fingerprint density at radius 1 is 0.897 bits per heavy atom. The molecule has 3 aromatic rings. The zero-order valence-electron chi connectivity index (χ0n) is 25.0. The number of aryl methyl sites for hydroxylation is 3. The van der Waals surface area contributed by atoms with Crippen LogP contribution in [0.25, 0.3) is 11.1 Å². The predicted molar refractivity (Wildman–Crippen MR) is 160 cm³/mol. The molecular weight excluding hydrogens is 484 g/mol. The maximum Gasteiger partial charge on any atom is 0.309 e. The highest BCUT2D eigenvalue weighted by molar-refractivity contribution is 5.75. The Hall–Kier alpha value is -3.11. The lowest BCUT2D eigenvalue weighted by molar-refractivity contribution is -0.139. The molecular formula is C35H46O4. The van der Waals surface area contributed by atoms with E-state index in [9.17, 15) is 15.0 Å². The van der Waals surface area contributed by atoms with Gasteiger partial charge in [-0.2, -0.15) is 0 Å². The van der Waals surface area contributed by atoms with Crippen molar-refractivity contribution in [3.63, 3.8) is 0 Å². The standard InChI is InChI=1S/C35H46O4/c1-9-35(10-2,28-13-11-26(23(3)17-28)12-16-32(37)34(5,6)7)29-14-15-31(24(4)18-29)27-19-25(20-30(36)22-27)21-33(38)39-8/h11,13-15,17-20,22,32,36-37H,9-10,12,16,21H2,1-8H3. The van der Waals surface area contributed by atoms with E-state index in [1.807, 2.05) is 6.07 Å². The number of rotatable bonds is 10. The fraction of sp³-hybridized carbons (Fsp3) is 0.457. The lowest BCUT2D eigenvalue weighted by Crippen LogP contribution is -2.27. The second-order valence-electron chi connectivity index (χ2n) is 12.0. The molecule has 0 fully saturated rings. The maximum atomic E-state index is 11.8. The average molecular weight is 531 g/mol. The lowest BCUT2D eigenvalue weighted by Gasteiger charge is -2.34. The third kappa shape index (κ3) is 6.91. The largest absolute Gasteiger partial charge is 0.508 e. The number of aliphatic hydroxyl groups is 1. The molecule has 3 aromatic carbocycles. The molecule has 0 aliphatic rings. The summed E-state index contributed by atoms with van der Waals surface area (Å²) in [7, 11) is 1.37. The van der Waals surface area contributed by atoms with Crippen molar-refractivity contribution in [1.29, 1.82) is 0 Å². The molecule has 0 radical (unpaired) electrons. The number of aliphatic hydroxyl groups excluding tert-OH is 1. The number of ether oxygens (including phenoxy) is 1. The first kappa shape index (κ1) is 30.4. The molecule has 0 aliphatic carbocycles. The van der Waals surface area contributed by atoms with Crippen LogP contribution in [-0.2, 0) is 27.8 Å². The van der Waals surface area contributed by atoms with Crippen molar-refractivity contribution < 1.29 is 19.7 Å². The van der Waals surface area contributed by atoms with Gasteiger partial charge in [0.15, 0.2) is 0 Å². The smallest absolute Gasteiger partial charge is 0.309 e. The van der Waals surface area contributed by atoms with E-state index in [2.05, 4.69) is 84.9 Å². The van der Waals surface area contributed by atoms with Gasteiger partial charge in [-0.1, -0.05) is 77.1 Å². The average Bonchev–Trinajstić information content (AvgIpc) is 2.88. The Balaban J connectivity index is 1.95. The number of hydrogen-bond acceptors (Lipinski definition) is 4. The minimum absolute atomic E-state index is 0.112. The van der Waals surface area contributed by atoms with Gasteiger partial charge in [-0.3, -0.25) is 4.79 Å². The van der Waals surface area contributed by atoms with Crippen LogP contribution in [0.1, 0.15) is 87.3 Å². The van der Waals surface area contributed by atoms with E-state index < -0.39 is 0 Å². The third-order valence-electron chi connectivity index (χ3n) is 8.43. The quantitative estimate of drug-likeness (QED) is 0.262. The molecule has 1 atom stereocenters. The van der Waals surface area contributed by atoms with E-state index in [0.29, 0.717) is 0 Å². The maximum absolute atomic E-state index is 11.8. The number of methoxy groups -OCH3 is 1. The molecule has 0 saturated carbocycles. The van der Waals surface area contributed by atoms with Crippen molar-refractivity contribution in [3.8, 4) is 16.9 Å². The van der Waals surface area contributed by atoms with Crippen molar-refractivity contribution in [2.45, 2.75) is 92.1 Å². The summed E-state index contributed by atoms with van der Waals surface area (Å²) in [6, 6.07) is 18.8. The Kier molecular flexibility index (Phi) is 9.66. The summed E-state index contributed by atoms with van der Waals surface area (Å²) in [4.78, 5) is 11.8. The van der Waals surface area contributed by atoms with Crippen LogP contribution < -0.4 is 0 Å². The molecule has 0 heterocycles. The number of carbonyl (C=O) groups is 1. The van der Waals surface area contributed by atoms with Gasteiger partial charge in [0.1, 0.15) is 5.75 Å². The second-order valence-corrected chi connectivity index (χ2v) is 12.0. The van der Waals surface area contributed by atoms with E-state index in [4.69, 9.17) is 4.74 Å². The number of aromatic hydroxyl groups is 1. The zero-order valence-corrected chi connectivity index (χ0v) is 25.0. The molecule has 4 heteroatoms. The number of hydrogen-bond donors (Lipinski definition) is 2. The first-order valence-electron chi connectivity index (χ1n) is 14.1. The van der Waals surface area contributed by atoms with Gasteiger partial charge >= 0.3 is 5.97 Å². The highest BCUT2D eigenvalue weighted by atomic mass is 16.5. The molecule has 0 bridgehead atoms. The van der Waals surface area contributed by atoms with Crippen LogP contribution in [0.5, 0.6) is 5.75 Å². The first-order valence-corrected chi connectivity index (χ1v) is 14.1. The van der Waals surface area contributed by atoms with Crippen molar-refractivity contribution in [1.82, 2.24) is 0 Å². The fourth-order valence-corrected chi connectivity index (χ4v) is 5.69. The van der Waals surface area contributed by atoms with Crippen LogP contribution in [0.3, 0.4) is 0 Å². The summed E-state index contributed by atoms with van der Waals surface area (Å²) in [6.45, 7) is 15.0. The molecule has 0 aliphatic heterocycles. The van der Waals surface area contributed by atoms with Crippen LogP contribution in [0.4, 0.5) is 0 Å². The molecule has 1 unspecified atom stereocenters. The summed E-state index contributed by atoms with van der Waals surface area (Å²) in [5, 5.41) is 20.9. The van der Waals surface area contributed by atoms with Gasteiger partial charge in [-0.05, 0) is 102 Å². The molecule has 0 saturated heterocycles. The highest BCUT2D eigenvalue weighted by Gasteiger charge is 2.31. The third-order valence-corrected chi connectivity index (χ3v) is 8.43. The van der Waals surface area contributed by atoms with Gasteiger partial charge in [0.05, 0.1) is 19.6 Å². The fourth-order valence-electron chi connectivity index (χ4n) is 5.69. The Labute approximate surface area is 235 Å². The molecule has 0 amide bonds. The highest BCUT2D eigenvalue weighted by Crippen LogP contribution is 2.41. The van der Waals surface area contributed by atoms with Crippen LogP contribution in [0, 0.1) is 19.3 Å². The topological polar surface area (TPSA) is 66.8 Å². The van der Waals surface area contributed by atoms with Gasteiger partial charge in [0.2, 0.25) is 0 Å². The number of phenolic OH excluding ortho intramolecular Hbond substituents is 1. The molecule has 39 heavy (non-hydrogen) atoms. The van der Waals surface area contributed by atoms with Gasteiger partial charge < -0.3 is 14.9 Å². The summed E-state index contributed by atoms with van der Waals surface area (Å²) in [5.41, 5.74) is 8.69. The van der Waals surface area contributed by atoms with E-state index in [-0.39, 0.29) is 35.1 Å². The van der Waals surface area contributed by atoms with Crippen LogP contribution in [-0.4, -0.2) is 29.4 Å². The van der Waals surface area contributed by atoms with Crippen molar-refractivity contribution in [2.75, 3.05) is 7.11 Å². The summed E-state index contributed by atoms with van der Waals surface area (Å²) >= 11 is 0. The number of carbonyl (C=O) groups excluding carboxylic acids is 1. The Bertz CT molecular complexity index is 1290. The van der Waals surface area contributed by atoms with Crippen molar-refractivity contribution in [3.05, 3.63) is 88.0 Å². The van der Waals surface area contributed by atoms with Crippen molar-refractivity contribution >= 4 is 5.97 Å². The van der Waals surface area contributed by atoms with E-state index >= 15 is 0 Å². The molecule has 4 nitrogen and oxygen atoms in total. The van der Waals surface area contributed by atoms with E-state index in [1.54, 1.807) is 12.1 Å². The molecule has 3 rings (SSSR count). The monoisotopic (exact) mass is 530 g/mol. The second kappa shape index (κ2) is 12.4. The normalized spacial score (nSPS) is 12.8. The summed E-state index contributed by atoms with van der Waals surface area (Å²) in [6.07, 6.45) is 3.36. The Morgan fingerprint density at radius 2 is 1.51 bits per heavy atom. The molecule has 210 valence electrons. The molecule has 0 spiro atoms. The molecule has 2 N–H and O–H groups in total. The van der Waals surface area contributed by atoms with Crippen LogP contribution in [0.15, 0.2) is 54.6 Å². The minimum Gasteiger partial charge on any atom is -0.508 e. The van der Waals surface area contributed by atoms with Crippen molar-refractivity contribution in [2.24, 2.45) is 5.41 Å². The predicted octanol–water partition coefficient (Wildman–Crippen LogP) is 7.84. The van der Waals surface area contributed by atoms with Gasteiger partial charge in [-0.15, -0.1) is 0 Å². The van der Waals surface area contributed by atoms with Gasteiger partial charge in [-0.25, -0.2) is 0 Å². The number of phenols is 1. The Morgan fingerprint density at radius 3 is 2.05 bits per heavy atom. The van der Waals surface area contributed by atoms with Crippen LogP contribution >= 0.6 is 0 Å². The van der Waals surface area contributed by atoms with E-state index in [0.717, 1.165) is 47.9 Å². The zero-order chi connectivity index (χ0) is 29.0. The van der Waals surface area contributed by atoms with Crippen LogP contribution in [0.2, 0.25) is 0 Å². The minimum atomic E-state index is -0.332. The van der Waals surface area contributed by atoms with Gasteiger partial charge in [0, 0.05) is 5.41 Å². The molecule has 0 aromatic heterocycles. The summed E-state index contributed by atoms with van der Waals surface area (Å²) in [5.74, 6) is -0.196. The van der Waals surface area contributed by atoms with E-state index in [1.165, 1.54) is 29.4 Å². The lowest BCUT2D eigenvalue weighted by atomic mass is 9.69. The first-order chi connectivity index (χ1) is 18.3.